The molecular weight excluding hydrogens is 1780 g/mol. The van der Waals surface area contributed by atoms with E-state index in [1.54, 1.807) is 82.4 Å². The number of primary amides is 1. The molecule has 8 rings (SSSR count). The lowest BCUT2D eigenvalue weighted by atomic mass is 9.99. The number of rotatable bonds is 26. The number of nitrogens with zero attached hydrogens (tertiary/aromatic N) is 6. The van der Waals surface area contributed by atoms with Crippen molar-refractivity contribution in [2.75, 3.05) is 65.4 Å². The number of nitrogens with two attached hydrogens (primary N) is 3. The fraction of sp³-hybridized carbons (Fsp3) is 0.539. The van der Waals surface area contributed by atoms with Crippen molar-refractivity contribution in [3.8, 4) is 5.75 Å². The molecule has 0 radical (unpaired) electrons. The number of fused-ring (bicyclic) bond motifs is 4. The number of thioether (sulfide) groups is 1. The Labute approximate surface area is 780 Å². The molecule has 2 aromatic heterocycles. The second-order valence-corrected chi connectivity index (χ2v) is 35.8. The van der Waals surface area contributed by atoms with Gasteiger partial charge in [0.1, 0.15) is 84.8 Å². The minimum Gasteiger partial charge on any atom is -0.508 e. The van der Waals surface area contributed by atoms with Gasteiger partial charge in [0, 0.05) is 98.4 Å². The highest BCUT2D eigenvalue weighted by Gasteiger charge is 2.47. The number of hydrogen-bond donors (Lipinski definition) is 19. The van der Waals surface area contributed by atoms with Gasteiger partial charge in [0.05, 0.1) is 43.3 Å². The van der Waals surface area contributed by atoms with E-state index in [9.17, 15) is 78.3 Å². The van der Waals surface area contributed by atoms with Crippen LogP contribution in [-0.2, 0) is 112 Å². The molecule has 3 saturated heterocycles. The first-order valence-electron chi connectivity index (χ1n) is 44.5. The molecule has 1 unspecified atom stereocenters. The van der Waals surface area contributed by atoms with Gasteiger partial charge in [0.25, 0.3) is 0 Å². The number of aliphatic hydroxyl groups excluding tert-OH is 1. The van der Waals surface area contributed by atoms with Crippen molar-refractivity contribution >= 4 is 154 Å². The van der Waals surface area contributed by atoms with Crippen molar-refractivity contribution in [3.63, 3.8) is 0 Å². The van der Waals surface area contributed by atoms with E-state index < -0.39 is 261 Å². The number of phenols is 1. The van der Waals surface area contributed by atoms with Crippen LogP contribution in [0.2, 0.25) is 0 Å². The highest BCUT2D eigenvalue weighted by atomic mass is 32.2. The van der Waals surface area contributed by atoms with E-state index in [0.29, 0.717) is 51.3 Å². The highest BCUT2D eigenvalue weighted by molar-refractivity contribution is 8.00. The van der Waals surface area contributed by atoms with Crippen LogP contribution in [0, 0.1) is 5.92 Å². The van der Waals surface area contributed by atoms with Gasteiger partial charge in [-0.3, -0.25) is 91.2 Å². The first-order valence-corrected chi connectivity index (χ1v) is 46.2. The lowest BCUT2D eigenvalue weighted by molar-refractivity contribution is -0.149. The summed E-state index contributed by atoms with van der Waals surface area (Å²) in [4.78, 5) is 268. The Morgan fingerprint density at radius 2 is 1.13 bits per heavy atom. The van der Waals surface area contributed by atoms with E-state index in [4.69, 9.17) is 17.2 Å². The van der Waals surface area contributed by atoms with Gasteiger partial charge in [-0.25, -0.2) is 0 Å². The third kappa shape index (κ3) is 29.4. The number of aromatic hydroxyl groups is 1. The van der Waals surface area contributed by atoms with Gasteiger partial charge in [0.15, 0.2) is 0 Å². The molecule has 3 aromatic carbocycles. The summed E-state index contributed by atoms with van der Waals surface area (Å²) in [5.41, 5.74) is 20.3. The predicted octanol–water partition coefficient (Wildman–Crippen LogP) is -2.46. The Morgan fingerprint density at radius 1 is 0.567 bits per heavy atom. The number of para-hydroxylation sites is 2. The number of carbonyl (C=O) groups excluding carboxylic acids is 15. The molecule has 0 bridgehead atoms. The molecule has 0 aliphatic carbocycles. The molecule has 5 aromatic rings. The first-order chi connectivity index (χ1) is 63.6. The molecule has 15 amide bonds. The standard InChI is InChI=1S/C89H125N20O23PS/c1-9-11-21-67-82(126)98-59(37-73(114)115)80(124)103-65(77(121)94-41-71(92)112)45-134-46-72(113)95-63(33-49-25-27-52(110)28-26-49)89(133)104(6)48(5)76(120)99-62(38-74(116)117)86(130)108-31-17-24-68(108)83(127)102-64(39-91)81(125)100-60(32-47(3)4)87(131)109-43-53(111)36-70(109)84(128)97-58(34-50-40-93-56-20-15-13-18-54(50)56)79(123)96-57(29-30-90)78(122)101-61(85(129)106(8)69(22-12-10-2)88(132)105(67)7)35-51-42-107(44-75(118)119)66-23-16-14-19-55(51)66/h13-16,18-20,23,25-28,40,42,47-48,53,57-65,67-70,93,110-111,133H,9-12,17,21-22,24,29-39,41,43-46,90-91H2,1-8H3,(H2,92,112)(H,94,121)(H,95,113)(H,96,123)(H,97,128)(H,98,126)(H,99,120)(H,100,125)(H,101,122)(H,102,127)(H,103,124)(H,114,115)(H,116,117)(H,118,119)/t48-,53+,57-,58-,59-,60-,61-,62-,63-,64-,65-,67-,68?,69-,70-/m0/s1. The van der Waals surface area contributed by atoms with E-state index >= 15 is 33.6 Å². The van der Waals surface area contributed by atoms with Crippen molar-refractivity contribution in [1.29, 1.82) is 0 Å². The Hall–Kier alpha value is -12.6. The van der Waals surface area contributed by atoms with E-state index in [0.717, 1.165) is 31.4 Å². The van der Waals surface area contributed by atoms with Gasteiger partial charge in [-0.1, -0.05) is 102 Å². The van der Waals surface area contributed by atoms with Crippen LogP contribution in [0.5, 0.6) is 5.75 Å². The van der Waals surface area contributed by atoms with E-state index in [1.165, 1.54) is 68.0 Å². The fourth-order valence-corrected chi connectivity index (χ4v) is 17.7. The maximum Gasteiger partial charge on any atom is 0.323 e. The number of carbonyl (C=O) groups is 18. The molecule has 22 N–H and O–H groups in total. The summed E-state index contributed by atoms with van der Waals surface area (Å²) < 4.78 is 1.41. The second-order valence-electron chi connectivity index (χ2n) is 34.3. The monoisotopic (exact) mass is 1900 g/mol. The third-order valence-corrected chi connectivity index (χ3v) is 25.5. The molecule has 3 fully saturated rings. The SMILES string of the molecule is CCCC[C@H]1C(=O)N(C)[C@@H](CCCC)C(=O)N[C@@H](CC(=O)O)C(=O)N[C@H](C(=O)NCC(N)=O)CSCC(=O)N[C@@H](Cc2ccc(O)cc2)C(=P)N(C)[C@@H](C)C(=O)N[C@@H](CC(=O)O)C(=O)N2CCCC2C(=O)N[C@@H](CN)C(=O)N[C@@H](CC(C)C)C(=O)N2C[C@H](O)C[C@H]2C(=O)N[C@@H](Cc2c[nH]c3ccccc23)C(=O)N[C@@H](CCN)C(=O)N[C@@H](Cc2cn(CC(=O)O)c3ccccc23)C(=O)N1C. The van der Waals surface area contributed by atoms with Crippen LogP contribution in [-0.4, -0.2) is 328 Å². The molecule has 43 nitrogen and oxygen atoms in total. The zero-order valence-electron chi connectivity index (χ0n) is 76.2. The highest BCUT2D eigenvalue weighted by Crippen LogP contribution is 2.29. The number of aliphatic hydroxyl groups is 1. The van der Waals surface area contributed by atoms with Crippen LogP contribution >= 0.6 is 20.6 Å². The number of hydrogen-bond acceptors (Lipinski definition) is 23. The van der Waals surface area contributed by atoms with Crippen molar-refractivity contribution < 1.29 is 112 Å². The van der Waals surface area contributed by atoms with Crippen LogP contribution in [0.3, 0.4) is 0 Å². The number of likely N-dealkylation sites (N-methyl/N-ethyl adjacent to an activating group) is 3. The third-order valence-electron chi connectivity index (χ3n) is 23.8. The van der Waals surface area contributed by atoms with Crippen LogP contribution < -0.4 is 70.4 Å². The summed E-state index contributed by atoms with van der Waals surface area (Å²) in [7, 11) is 7.56. The molecule has 15 atom stereocenters. The smallest absolute Gasteiger partial charge is 0.323 e. The van der Waals surface area contributed by atoms with Gasteiger partial charge in [-0.05, 0) is 112 Å². The van der Waals surface area contributed by atoms with E-state index in [2.05, 4.69) is 67.0 Å². The van der Waals surface area contributed by atoms with Gasteiger partial charge < -0.3 is 125 Å². The van der Waals surface area contributed by atoms with Crippen LogP contribution in [0.1, 0.15) is 135 Å². The van der Waals surface area contributed by atoms with Crippen LogP contribution in [0.15, 0.2) is 85.2 Å². The maximum atomic E-state index is 15.9. The van der Waals surface area contributed by atoms with E-state index in [1.807, 2.05) is 0 Å². The molecule has 45 heteroatoms. The number of nitrogens with one attached hydrogen (secondary N) is 11. The molecule has 0 saturated carbocycles. The minimum absolute atomic E-state index is 0.0307. The molecule has 0 spiro atoms. The molecular formula is C89H125N20O23PS. The van der Waals surface area contributed by atoms with Crippen molar-refractivity contribution in [2.24, 2.45) is 23.1 Å². The van der Waals surface area contributed by atoms with Crippen molar-refractivity contribution in [1.82, 2.24) is 87.2 Å². The summed E-state index contributed by atoms with van der Waals surface area (Å²) in [6, 6.07) is -2.70. The molecule has 3 aliphatic heterocycles. The van der Waals surface area contributed by atoms with Crippen molar-refractivity contribution in [2.45, 2.75) is 235 Å². The number of carboxylic acid groups (broad SMARTS) is 3. The topological polar surface area (TPSA) is 644 Å². The Kier molecular flexibility index (Phi) is 40.2. The summed E-state index contributed by atoms with van der Waals surface area (Å²) >= 11 is 0.745. The largest absolute Gasteiger partial charge is 0.508 e. The van der Waals surface area contributed by atoms with Gasteiger partial charge in [-0.15, -0.1) is 20.6 Å². The first kappa shape index (κ1) is 107. The number of aromatic nitrogens is 2. The zero-order chi connectivity index (χ0) is 98.6. The summed E-state index contributed by atoms with van der Waals surface area (Å²) in [6.07, 6.45) is -0.787. The van der Waals surface area contributed by atoms with Gasteiger partial charge in [-0.2, -0.15) is 0 Å². The second kappa shape index (κ2) is 50.5. The Morgan fingerprint density at radius 3 is 1.77 bits per heavy atom. The zero-order valence-corrected chi connectivity index (χ0v) is 78.0. The number of H-pyrrole nitrogens is 1. The number of unbranched alkanes of at least 4 members (excludes halogenated alkanes) is 2. The molecule has 5 heterocycles. The van der Waals surface area contributed by atoms with Crippen LogP contribution in [0.25, 0.3) is 21.8 Å². The lowest BCUT2D eigenvalue weighted by Crippen LogP contribution is -2.62. The normalized spacial score (nSPS) is 25.0. The summed E-state index contributed by atoms with van der Waals surface area (Å²) in [5, 5.41) is 79.3. The van der Waals surface area contributed by atoms with Gasteiger partial charge in [0.2, 0.25) is 88.6 Å². The van der Waals surface area contributed by atoms with Crippen LogP contribution in [0.4, 0.5) is 0 Å². The number of carboxylic acids is 3. The summed E-state index contributed by atoms with van der Waals surface area (Å²) in [6.45, 7) is 5.58. The van der Waals surface area contributed by atoms with Gasteiger partial charge >= 0.3 is 17.9 Å². The number of aliphatic carboxylic acids is 3. The Bertz CT molecular complexity index is 5110. The van der Waals surface area contributed by atoms with E-state index in [-0.39, 0.29) is 94.4 Å². The molecule has 134 heavy (non-hydrogen) atoms. The fourth-order valence-electron chi connectivity index (χ4n) is 16.5. The number of aromatic amines is 1. The van der Waals surface area contributed by atoms with Crippen molar-refractivity contribution in [3.05, 3.63) is 102 Å². The number of amides is 15. The average Bonchev–Trinajstić information content (AvgIpc) is 1.64. The lowest BCUT2D eigenvalue weighted by Gasteiger charge is -2.36. The average molecular weight is 1910 g/mol. The maximum absolute atomic E-state index is 15.9. The number of benzene rings is 3. The predicted molar refractivity (Wildman–Crippen MR) is 494 cm³/mol. The summed E-state index contributed by atoms with van der Waals surface area (Å²) in [5.74, 6) is -20.7. The quantitative estimate of drug-likeness (QED) is 0.0255. The minimum atomic E-state index is -2.03. The molecule has 3 aliphatic rings. The molecule has 730 valence electrons. The Balaban J connectivity index is 1.21. The number of phenolic OH excluding ortho intramolecular Hbond substituents is 1.